The van der Waals surface area contributed by atoms with Gasteiger partial charge in [-0.1, -0.05) is 34.1 Å². The molecule has 6 heteroatoms. The number of thioether (sulfide) groups is 1. The van der Waals surface area contributed by atoms with Crippen LogP contribution < -0.4 is 5.73 Å². The normalized spacial score (nSPS) is 10.7. The van der Waals surface area contributed by atoms with E-state index in [9.17, 15) is 0 Å². The van der Waals surface area contributed by atoms with Crippen molar-refractivity contribution in [3.05, 3.63) is 58.9 Å². The average Bonchev–Trinajstić information content (AvgIpc) is 2.96. The van der Waals surface area contributed by atoms with Crippen molar-refractivity contribution in [3.8, 4) is 11.5 Å². The molecule has 0 atom stereocenters. The summed E-state index contributed by atoms with van der Waals surface area (Å²) in [5.74, 6) is 1.71. The predicted molar refractivity (Wildman–Crippen MR) is 87.8 cm³/mol. The van der Waals surface area contributed by atoms with Gasteiger partial charge in [0.2, 0.25) is 11.8 Å². The number of halogens is 1. The van der Waals surface area contributed by atoms with E-state index in [1.54, 1.807) is 11.8 Å². The lowest BCUT2D eigenvalue weighted by Crippen LogP contribution is -1.89. The lowest BCUT2D eigenvalue weighted by Gasteiger charge is -2.03. The molecule has 3 rings (SSSR count). The second-order valence-electron chi connectivity index (χ2n) is 4.34. The van der Waals surface area contributed by atoms with Crippen LogP contribution in [0.5, 0.6) is 0 Å². The van der Waals surface area contributed by atoms with Gasteiger partial charge in [0.15, 0.2) is 0 Å². The molecule has 2 aromatic carbocycles. The molecule has 1 heterocycles. The smallest absolute Gasteiger partial charge is 0.247 e. The second-order valence-corrected chi connectivity index (χ2v) is 6.27. The van der Waals surface area contributed by atoms with Gasteiger partial charge in [0.05, 0.1) is 5.75 Å². The lowest BCUT2D eigenvalue weighted by molar-refractivity contribution is 0.528. The SMILES string of the molecule is Nc1cc(Br)ccc1SCc1nnc(-c2ccccc2)o1. The van der Waals surface area contributed by atoms with E-state index in [-0.39, 0.29) is 0 Å². The number of benzene rings is 2. The van der Waals surface area contributed by atoms with Gasteiger partial charge in [0.1, 0.15) is 0 Å². The molecule has 0 aliphatic heterocycles. The molecule has 0 aliphatic rings. The first kappa shape index (κ1) is 14.2. The molecule has 106 valence electrons. The Morgan fingerprint density at radius 2 is 1.90 bits per heavy atom. The van der Waals surface area contributed by atoms with Crippen molar-refractivity contribution in [2.24, 2.45) is 0 Å². The Bertz CT molecular complexity index is 746. The van der Waals surface area contributed by atoms with Crippen molar-refractivity contribution in [1.82, 2.24) is 10.2 Å². The number of rotatable bonds is 4. The van der Waals surface area contributed by atoms with Crippen LogP contribution in [0.15, 0.2) is 62.3 Å². The summed E-state index contributed by atoms with van der Waals surface area (Å²) < 4.78 is 6.63. The minimum Gasteiger partial charge on any atom is -0.420 e. The maximum atomic E-state index is 5.96. The van der Waals surface area contributed by atoms with Gasteiger partial charge >= 0.3 is 0 Å². The van der Waals surface area contributed by atoms with E-state index in [2.05, 4.69) is 26.1 Å². The predicted octanol–water partition coefficient (Wildman–Crippen LogP) is 4.37. The summed E-state index contributed by atoms with van der Waals surface area (Å²) in [6, 6.07) is 15.5. The lowest BCUT2D eigenvalue weighted by atomic mass is 10.2. The molecule has 21 heavy (non-hydrogen) atoms. The zero-order chi connectivity index (χ0) is 14.7. The highest BCUT2D eigenvalue weighted by atomic mass is 79.9. The molecule has 0 unspecified atom stereocenters. The molecule has 0 aliphatic carbocycles. The van der Waals surface area contributed by atoms with Crippen molar-refractivity contribution in [2.75, 3.05) is 5.73 Å². The van der Waals surface area contributed by atoms with Crippen LogP contribution in [0, 0.1) is 0 Å². The summed E-state index contributed by atoms with van der Waals surface area (Å²) in [7, 11) is 0. The number of anilines is 1. The van der Waals surface area contributed by atoms with Gasteiger partial charge in [-0.25, -0.2) is 0 Å². The maximum absolute atomic E-state index is 5.96. The number of aromatic nitrogens is 2. The maximum Gasteiger partial charge on any atom is 0.247 e. The molecule has 3 aromatic rings. The first-order valence-electron chi connectivity index (χ1n) is 6.28. The third-order valence-electron chi connectivity index (χ3n) is 2.81. The Hall–Kier alpha value is -1.79. The molecule has 0 radical (unpaired) electrons. The van der Waals surface area contributed by atoms with E-state index in [1.165, 1.54) is 0 Å². The number of hydrogen-bond donors (Lipinski definition) is 1. The van der Waals surface area contributed by atoms with E-state index < -0.39 is 0 Å². The fourth-order valence-electron chi connectivity index (χ4n) is 1.80. The molecular weight excluding hydrogens is 350 g/mol. The van der Waals surface area contributed by atoms with E-state index >= 15 is 0 Å². The molecule has 0 bridgehead atoms. The van der Waals surface area contributed by atoms with E-state index in [0.717, 1.165) is 20.6 Å². The molecule has 0 saturated carbocycles. The quantitative estimate of drug-likeness (QED) is 0.551. The van der Waals surface area contributed by atoms with Crippen molar-refractivity contribution in [2.45, 2.75) is 10.6 Å². The third-order valence-corrected chi connectivity index (χ3v) is 4.38. The third kappa shape index (κ3) is 3.46. The first-order chi connectivity index (χ1) is 10.2. The van der Waals surface area contributed by atoms with Crippen LogP contribution in [-0.2, 0) is 5.75 Å². The van der Waals surface area contributed by atoms with Gasteiger partial charge in [-0.3, -0.25) is 0 Å². The Morgan fingerprint density at radius 3 is 2.67 bits per heavy atom. The van der Waals surface area contributed by atoms with Gasteiger partial charge in [-0.15, -0.1) is 22.0 Å². The highest BCUT2D eigenvalue weighted by molar-refractivity contribution is 9.10. The van der Waals surface area contributed by atoms with Crippen molar-refractivity contribution < 1.29 is 4.42 Å². The van der Waals surface area contributed by atoms with Crippen molar-refractivity contribution in [1.29, 1.82) is 0 Å². The van der Waals surface area contributed by atoms with Crippen LogP contribution in [0.2, 0.25) is 0 Å². The van der Waals surface area contributed by atoms with Crippen LogP contribution in [0.25, 0.3) is 11.5 Å². The standard InChI is InChI=1S/C15H12BrN3OS/c16-11-6-7-13(12(17)8-11)21-9-14-18-19-15(20-14)10-4-2-1-3-5-10/h1-8H,9,17H2. The largest absolute Gasteiger partial charge is 0.420 e. The van der Waals surface area contributed by atoms with Gasteiger partial charge in [-0.2, -0.15) is 0 Å². The molecule has 2 N–H and O–H groups in total. The Morgan fingerprint density at radius 1 is 1.10 bits per heavy atom. The molecule has 0 amide bonds. The second kappa shape index (κ2) is 6.32. The number of nitrogens with two attached hydrogens (primary N) is 1. The van der Waals surface area contributed by atoms with Crippen LogP contribution in [-0.4, -0.2) is 10.2 Å². The molecule has 0 fully saturated rings. The monoisotopic (exact) mass is 361 g/mol. The van der Waals surface area contributed by atoms with Crippen LogP contribution in [0.4, 0.5) is 5.69 Å². The Kier molecular flexibility index (Phi) is 4.26. The zero-order valence-electron chi connectivity index (χ0n) is 11.0. The summed E-state index contributed by atoms with van der Waals surface area (Å²) in [5.41, 5.74) is 7.62. The van der Waals surface area contributed by atoms with E-state index in [4.69, 9.17) is 10.2 Å². The summed E-state index contributed by atoms with van der Waals surface area (Å²) >= 11 is 4.97. The van der Waals surface area contributed by atoms with E-state index in [0.29, 0.717) is 17.5 Å². The van der Waals surface area contributed by atoms with Gasteiger partial charge in [-0.05, 0) is 30.3 Å². The first-order valence-corrected chi connectivity index (χ1v) is 8.06. The highest BCUT2D eigenvalue weighted by Crippen LogP contribution is 2.30. The minimum atomic E-state index is 0.537. The minimum absolute atomic E-state index is 0.537. The summed E-state index contributed by atoms with van der Waals surface area (Å²) in [4.78, 5) is 0.998. The molecule has 4 nitrogen and oxygen atoms in total. The average molecular weight is 362 g/mol. The van der Waals surface area contributed by atoms with Crippen molar-refractivity contribution >= 4 is 33.4 Å². The van der Waals surface area contributed by atoms with Crippen LogP contribution in [0.3, 0.4) is 0 Å². The van der Waals surface area contributed by atoms with Crippen LogP contribution in [0.1, 0.15) is 5.89 Å². The fraction of sp³-hybridized carbons (Fsp3) is 0.0667. The summed E-state index contributed by atoms with van der Waals surface area (Å²) in [5, 5.41) is 8.13. The molecule has 1 aromatic heterocycles. The number of hydrogen-bond acceptors (Lipinski definition) is 5. The van der Waals surface area contributed by atoms with Crippen molar-refractivity contribution in [3.63, 3.8) is 0 Å². The Balaban J connectivity index is 1.70. The van der Waals surface area contributed by atoms with Gasteiger partial charge < -0.3 is 10.2 Å². The molecular formula is C15H12BrN3OS. The zero-order valence-corrected chi connectivity index (χ0v) is 13.4. The van der Waals surface area contributed by atoms with Gasteiger partial charge in [0, 0.05) is 20.6 Å². The Labute approximate surface area is 134 Å². The summed E-state index contributed by atoms with van der Waals surface area (Å²) in [6.07, 6.45) is 0. The van der Waals surface area contributed by atoms with Crippen LogP contribution >= 0.6 is 27.7 Å². The van der Waals surface area contributed by atoms with E-state index in [1.807, 2.05) is 48.5 Å². The van der Waals surface area contributed by atoms with Gasteiger partial charge in [0.25, 0.3) is 0 Å². The summed E-state index contributed by atoms with van der Waals surface area (Å²) in [6.45, 7) is 0. The fourth-order valence-corrected chi connectivity index (χ4v) is 2.96. The molecule has 0 spiro atoms. The number of nitrogen functional groups attached to an aromatic ring is 1. The molecule has 0 saturated heterocycles. The highest BCUT2D eigenvalue weighted by Gasteiger charge is 2.09. The topological polar surface area (TPSA) is 64.9 Å². The number of nitrogens with zero attached hydrogens (tertiary/aromatic N) is 2.